The van der Waals surface area contributed by atoms with Crippen LogP contribution in [-0.2, 0) is 18.0 Å². The molecule has 1 aromatic carbocycles. The number of aliphatic hydroxyl groups excluding tert-OH is 1. The number of nitrogens with one attached hydrogen (secondary N) is 1. The number of benzene rings is 1. The zero-order valence-corrected chi connectivity index (χ0v) is 19.0. The van der Waals surface area contributed by atoms with Crippen LogP contribution in [0.4, 0.5) is 5.82 Å². The van der Waals surface area contributed by atoms with E-state index >= 15 is 0 Å². The predicted octanol–water partition coefficient (Wildman–Crippen LogP) is 3.70. The first-order valence-electron chi connectivity index (χ1n) is 11.2. The van der Waals surface area contributed by atoms with E-state index in [2.05, 4.69) is 47.3 Å². The molecule has 1 saturated carbocycles. The first kappa shape index (κ1) is 22.9. The minimum Gasteiger partial charge on any atom is -0.390 e. The van der Waals surface area contributed by atoms with Crippen molar-refractivity contribution in [1.82, 2.24) is 15.3 Å². The molecule has 0 aliphatic heterocycles. The number of anilines is 1. The zero-order valence-electron chi connectivity index (χ0n) is 19.0. The molecule has 1 aliphatic carbocycles. The molecular weight excluding hydrogens is 416 g/mol. The summed E-state index contributed by atoms with van der Waals surface area (Å²) in [6.07, 6.45) is 6.00. The van der Waals surface area contributed by atoms with Crippen LogP contribution in [0.1, 0.15) is 52.0 Å². The second-order valence-electron chi connectivity index (χ2n) is 8.63. The van der Waals surface area contributed by atoms with Crippen LogP contribution in [0.15, 0.2) is 48.8 Å². The van der Waals surface area contributed by atoms with Crippen LogP contribution in [0.5, 0.6) is 0 Å². The molecule has 2 heterocycles. The lowest BCUT2D eigenvalue weighted by Gasteiger charge is -2.22. The van der Waals surface area contributed by atoms with Crippen molar-refractivity contribution in [2.75, 3.05) is 5.73 Å². The van der Waals surface area contributed by atoms with Gasteiger partial charge in [0, 0.05) is 23.5 Å². The summed E-state index contributed by atoms with van der Waals surface area (Å²) >= 11 is 0. The third-order valence-corrected chi connectivity index (χ3v) is 6.29. The largest absolute Gasteiger partial charge is 0.390 e. The average Bonchev–Trinajstić information content (AvgIpc) is 3.27. The third kappa shape index (κ3) is 5.38. The van der Waals surface area contributed by atoms with Gasteiger partial charge in [0.15, 0.2) is 0 Å². The Morgan fingerprint density at radius 3 is 2.64 bits per heavy atom. The smallest absolute Gasteiger partial charge is 0.255 e. The van der Waals surface area contributed by atoms with Gasteiger partial charge in [0.05, 0.1) is 36.6 Å². The lowest BCUT2D eigenvalue weighted by molar-refractivity contribution is 0.0272. The maximum atomic E-state index is 13.1. The van der Waals surface area contributed by atoms with E-state index in [-0.39, 0.29) is 30.5 Å². The number of aliphatic hydroxyl groups is 1. The van der Waals surface area contributed by atoms with Gasteiger partial charge in [0.25, 0.3) is 5.91 Å². The van der Waals surface area contributed by atoms with E-state index in [4.69, 9.17) is 10.5 Å². The second kappa shape index (κ2) is 10.1. The Balaban J connectivity index is 1.43. The summed E-state index contributed by atoms with van der Waals surface area (Å²) in [5.41, 5.74) is 12.1. The molecule has 1 amide bonds. The SMILES string of the molecule is Cc1ccc(CO[C@H]2CCC[C@@H]2NC(=O)c2cc(-c3ccc(CO)nc3)cnc2N)cc1C. The van der Waals surface area contributed by atoms with Crippen molar-refractivity contribution in [3.8, 4) is 11.1 Å². The summed E-state index contributed by atoms with van der Waals surface area (Å²) in [5, 5.41) is 12.3. The number of amides is 1. The van der Waals surface area contributed by atoms with Gasteiger partial charge in [0.1, 0.15) is 5.82 Å². The fraction of sp³-hybridized carbons (Fsp3) is 0.346. The number of hydrogen-bond acceptors (Lipinski definition) is 6. The molecule has 2 aromatic heterocycles. The first-order valence-corrected chi connectivity index (χ1v) is 11.2. The topological polar surface area (TPSA) is 110 Å². The Hall–Kier alpha value is -3.29. The van der Waals surface area contributed by atoms with Gasteiger partial charge in [-0.2, -0.15) is 0 Å². The van der Waals surface area contributed by atoms with Gasteiger partial charge in [-0.3, -0.25) is 9.78 Å². The minimum atomic E-state index is -0.256. The van der Waals surface area contributed by atoms with Crippen molar-refractivity contribution in [1.29, 1.82) is 0 Å². The van der Waals surface area contributed by atoms with E-state index in [1.165, 1.54) is 11.1 Å². The summed E-state index contributed by atoms with van der Waals surface area (Å²) in [6, 6.07) is 11.6. The number of nitrogens with two attached hydrogens (primary N) is 1. The van der Waals surface area contributed by atoms with Crippen LogP contribution in [0.2, 0.25) is 0 Å². The molecule has 33 heavy (non-hydrogen) atoms. The van der Waals surface area contributed by atoms with Crippen molar-refractivity contribution in [3.63, 3.8) is 0 Å². The Morgan fingerprint density at radius 2 is 1.91 bits per heavy atom. The standard InChI is InChI=1S/C26H30N4O3/c1-16-6-7-18(10-17(16)2)15-33-24-5-3-4-23(24)30-26(32)22-11-20(13-29-25(22)27)19-8-9-21(14-31)28-12-19/h6-13,23-24,31H,3-5,14-15H2,1-2H3,(H2,27,29)(H,30,32)/t23-,24-/m0/s1. The number of nitrogens with zero attached hydrogens (tertiary/aromatic N) is 2. The van der Waals surface area contributed by atoms with Gasteiger partial charge in [-0.05, 0) is 61.9 Å². The van der Waals surface area contributed by atoms with E-state index in [9.17, 15) is 9.90 Å². The molecular formula is C26H30N4O3. The third-order valence-electron chi connectivity index (χ3n) is 6.29. The number of hydrogen-bond donors (Lipinski definition) is 3. The quantitative estimate of drug-likeness (QED) is 0.510. The van der Waals surface area contributed by atoms with Crippen molar-refractivity contribution in [2.45, 2.75) is 58.5 Å². The van der Waals surface area contributed by atoms with Crippen LogP contribution >= 0.6 is 0 Å². The molecule has 0 bridgehead atoms. The Kier molecular flexibility index (Phi) is 7.01. The molecule has 0 spiro atoms. The highest BCUT2D eigenvalue weighted by Crippen LogP contribution is 2.26. The molecule has 0 unspecified atom stereocenters. The first-order chi connectivity index (χ1) is 15.9. The molecule has 1 aliphatic rings. The molecule has 1 fully saturated rings. The normalized spacial score (nSPS) is 17.8. The van der Waals surface area contributed by atoms with Crippen molar-refractivity contribution >= 4 is 11.7 Å². The summed E-state index contributed by atoms with van der Waals surface area (Å²) in [6.45, 7) is 4.59. The van der Waals surface area contributed by atoms with E-state index in [1.807, 2.05) is 6.07 Å². The fourth-order valence-electron chi connectivity index (χ4n) is 4.14. The monoisotopic (exact) mass is 446 g/mol. The van der Waals surface area contributed by atoms with Crippen molar-refractivity contribution in [3.05, 3.63) is 76.7 Å². The maximum absolute atomic E-state index is 13.1. The van der Waals surface area contributed by atoms with Crippen molar-refractivity contribution in [2.24, 2.45) is 0 Å². The Labute approximate surface area is 194 Å². The molecule has 2 atom stereocenters. The number of carbonyl (C=O) groups is 1. The van der Waals surface area contributed by atoms with E-state index in [0.29, 0.717) is 17.9 Å². The van der Waals surface area contributed by atoms with Gasteiger partial charge in [0.2, 0.25) is 0 Å². The predicted molar refractivity (Wildman–Crippen MR) is 127 cm³/mol. The highest BCUT2D eigenvalue weighted by Gasteiger charge is 2.30. The lowest BCUT2D eigenvalue weighted by Crippen LogP contribution is -2.41. The molecule has 172 valence electrons. The van der Waals surface area contributed by atoms with Crippen LogP contribution in [-0.4, -0.2) is 33.1 Å². The molecule has 0 saturated heterocycles. The number of aromatic nitrogens is 2. The summed E-state index contributed by atoms with van der Waals surface area (Å²) in [7, 11) is 0. The highest BCUT2D eigenvalue weighted by atomic mass is 16.5. The van der Waals surface area contributed by atoms with E-state index in [0.717, 1.165) is 36.0 Å². The molecule has 7 heteroatoms. The summed E-state index contributed by atoms with van der Waals surface area (Å²) < 4.78 is 6.19. The van der Waals surface area contributed by atoms with E-state index in [1.54, 1.807) is 24.5 Å². The van der Waals surface area contributed by atoms with Crippen LogP contribution in [0, 0.1) is 13.8 Å². The number of ether oxygens (including phenoxy) is 1. The van der Waals surface area contributed by atoms with Crippen molar-refractivity contribution < 1.29 is 14.6 Å². The Bertz CT molecular complexity index is 1130. The van der Waals surface area contributed by atoms with Crippen LogP contribution in [0.3, 0.4) is 0 Å². The maximum Gasteiger partial charge on any atom is 0.255 e. The zero-order chi connectivity index (χ0) is 23.4. The number of aryl methyl sites for hydroxylation is 2. The Morgan fingerprint density at radius 1 is 1.09 bits per heavy atom. The highest BCUT2D eigenvalue weighted by molar-refractivity contribution is 5.99. The molecule has 4 N–H and O–H groups in total. The number of nitrogen functional groups attached to an aromatic ring is 1. The average molecular weight is 447 g/mol. The number of pyridine rings is 2. The number of carbonyl (C=O) groups excluding carboxylic acids is 1. The van der Waals surface area contributed by atoms with Gasteiger partial charge in [-0.1, -0.05) is 24.3 Å². The lowest BCUT2D eigenvalue weighted by atomic mass is 10.1. The molecule has 4 rings (SSSR count). The van der Waals surface area contributed by atoms with E-state index < -0.39 is 0 Å². The summed E-state index contributed by atoms with van der Waals surface area (Å²) in [4.78, 5) is 21.5. The van der Waals surface area contributed by atoms with Gasteiger partial charge in [-0.25, -0.2) is 4.98 Å². The van der Waals surface area contributed by atoms with Crippen LogP contribution < -0.4 is 11.1 Å². The molecule has 7 nitrogen and oxygen atoms in total. The van der Waals surface area contributed by atoms with Gasteiger partial charge < -0.3 is 20.9 Å². The molecule has 0 radical (unpaired) electrons. The van der Waals surface area contributed by atoms with Gasteiger partial charge in [-0.15, -0.1) is 0 Å². The minimum absolute atomic E-state index is 0.0387. The summed E-state index contributed by atoms with van der Waals surface area (Å²) in [5.74, 6) is -0.0738. The second-order valence-corrected chi connectivity index (χ2v) is 8.63. The number of rotatable bonds is 7. The van der Waals surface area contributed by atoms with Crippen LogP contribution in [0.25, 0.3) is 11.1 Å². The fourth-order valence-corrected chi connectivity index (χ4v) is 4.14. The molecule has 3 aromatic rings. The van der Waals surface area contributed by atoms with Gasteiger partial charge >= 0.3 is 0 Å².